The van der Waals surface area contributed by atoms with E-state index in [9.17, 15) is 13.2 Å². The second-order valence-electron chi connectivity index (χ2n) is 10.3. The lowest BCUT2D eigenvalue weighted by atomic mass is 9.94. The first kappa shape index (κ1) is 25.1. The number of anilines is 2. The SMILES string of the molecule is Nc1nc(N[C@@H]2CCN(C3COC3)CC2(F)F)nn2ccc(-c3ccc4c(n3)C[C@H](CCCCF)C=N4)c12. The number of aliphatic imine (C=N–C) groups is 1. The van der Waals surface area contributed by atoms with E-state index in [1.807, 2.05) is 24.4 Å². The number of nitrogens with one attached hydrogen (secondary N) is 1. The van der Waals surface area contributed by atoms with Crippen LogP contribution in [0, 0.1) is 5.92 Å². The first-order valence-electron chi connectivity index (χ1n) is 13.1. The maximum Gasteiger partial charge on any atom is 0.280 e. The van der Waals surface area contributed by atoms with E-state index < -0.39 is 12.0 Å². The van der Waals surface area contributed by atoms with Crippen molar-refractivity contribution in [2.45, 2.75) is 50.1 Å². The second kappa shape index (κ2) is 10.1. The van der Waals surface area contributed by atoms with Crippen LogP contribution in [0.25, 0.3) is 16.8 Å². The molecule has 38 heavy (non-hydrogen) atoms. The molecule has 0 saturated carbocycles. The number of hydrogen-bond acceptors (Lipinski definition) is 8. The van der Waals surface area contributed by atoms with Gasteiger partial charge in [-0.25, -0.2) is 13.3 Å². The van der Waals surface area contributed by atoms with Gasteiger partial charge in [0, 0.05) is 24.5 Å². The monoisotopic (exact) mass is 528 g/mol. The van der Waals surface area contributed by atoms with Gasteiger partial charge < -0.3 is 15.8 Å². The summed E-state index contributed by atoms with van der Waals surface area (Å²) in [5.41, 5.74) is 10.1. The molecule has 0 aromatic carbocycles. The fraction of sp³-hybridized carbons (Fsp3) is 0.538. The molecule has 2 fully saturated rings. The second-order valence-corrected chi connectivity index (χ2v) is 10.3. The van der Waals surface area contributed by atoms with Crippen molar-refractivity contribution in [3.63, 3.8) is 0 Å². The number of piperidine rings is 1. The molecular formula is C26H31F3N8O. The highest BCUT2D eigenvalue weighted by molar-refractivity contribution is 5.87. The maximum absolute atomic E-state index is 14.9. The molecule has 3 aromatic rings. The zero-order valence-electron chi connectivity index (χ0n) is 21.0. The molecular weight excluding hydrogens is 497 g/mol. The molecule has 0 spiro atoms. The molecule has 0 aliphatic carbocycles. The van der Waals surface area contributed by atoms with Crippen LogP contribution in [0.2, 0.25) is 0 Å². The van der Waals surface area contributed by atoms with Crippen LogP contribution in [0.15, 0.2) is 29.4 Å². The minimum atomic E-state index is -2.94. The van der Waals surface area contributed by atoms with Crippen molar-refractivity contribution in [2.75, 3.05) is 44.0 Å². The Morgan fingerprint density at radius 3 is 2.79 bits per heavy atom. The molecule has 0 radical (unpaired) electrons. The van der Waals surface area contributed by atoms with Gasteiger partial charge in [-0.2, -0.15) is 4.98 Å². The van der Waals surface area contributed by atoms with Crippen molar-refractivity contribution in [3.05, 3.63) is 30.1 Å². The number of alkyl halides is 3. The summed E-state index contributed by atoms with van der Waals surface area (Å²) in [6.45, 7) is 0.942. The highest BCUT2D eigenvalue weighted by Gasteiger charge is 2.47. The fourth-order valence-corrected chi connectivity index (χ4v) is 5.44. The van der Waals surface area contributed by atoms with Gasteiger partial charge in [0.05, 0.1) is 55.6 Å². The van der Waals surface area contributed by atoms with Crippen molar-refractivity contribution < 1.29 is 17.9 Å². The Balaban J connectivity index is 1.20. The molecule has 6 heterocycles. The summed E-state index contributed by atoms with van der Waals surface area (Å²) in [5, 5.41) is 7.26. The third-order valence-corrected chi connectivity index (χ3v) is 7.67. The topological polar surface area (TPSA) is 106 Å². The number of rotatable bonds is 8. The zero-order chi connectivity index (χ0) is 26.3. The molecule has 12 heteroatoms. The van der Waals surface area contributed by atoms with Gasteiger partial charge in [0.1, 0.15) is 5.52 Å². The van der Waals surface area contributed by atoms with Crippen LogP contribution < -0.4 is 11.1 Å². The van der Waals surface area contributed by atoms with Gasteiger partial charge in [0.2, 0.25) is 5.95 Å². The van der Waals surface area contributed by atoms with E-state index in [1.165, 1.54) is 0 Å². The van der Waals surface area contributed by atoms with Crippen LogP contribution in [0.1, 0.15) is 31.4 Å². The van der Waals surface area contributed by atoms with E-state index in [2.05, 4.69) is 20.4 Å². The molecule has 0 amide bonds. The van der Waals surface area contributed by atoms with E-state index in [0.29, 0.717) is 37.4 Å². The lowest BCUT2D eigenvalue weighted by molar-refractivity contribution is -0.131. The lowest BCUT2D eigenvalue weighted by Crippen LogP contribution is -2.61. The van der Waals surface area contributed by atoms with Gasteiger partial charge in [0.25, 0.3) is 5.92 Å². The first-order valence-corrected chi connectivity index (χ1v) is 13.1. The number of aromatic nitrogens is 4. The Bertz CT molecular complexity index is 1340. The van der Waals surface area contributed by atoms with Crippen LogP contribution in [0.5, 0.6) is 0 Å². The number of unbranched alkanes of at least 4 members (excludes halogenated alkanes) is 1. The highest BCUT2D eigenvalue weighted by Crippen LogP contribution is 2.34. The molecule has 9 nitrogen and oxygen atoms in total. The Hall–Kier alpha value is -3.25. The minimum absolute atomic E-state index is 0.0612. The number of hydrogen-bond donors (Lipinski definition) is 2. The van der Waals surface area contributed by atoms with Crippen LogP contribution in [0.3, 0.4) is 0 Å². The van der Waals surface area contributed by atoms with Crippen LogP contribution in [0.4, 0.5) is 30.6 Å². The highest BCUT2D eigenvalue weighted by atomic mass is 19.3. The average molecular weight is 529 g/mol. The molecule has 6 rings (SSSR count). The summed E-state index contributed by atoms with van der Waals surface area (Å²) < 4.78 is 49.1. The van der Waals surface area contributed by atoms with E-state index >= 15 is 0 Å². The predicted octanol–water partition coefficient (Wildman–Crippen LogP) is 3.91. The van der Waals surface area contributed by atoms with Gasteiger partial charge in [-0.3, -0.25) is 19.3 Å². The van der Waals surface area contributed by atoms with Gasteiger partial charge in [-0.05, 0) is 49.8 Å². The molecule has 2 atom stereocenters. The maximum atomic E-state index is 14.9. The number of ether oxygens (including phenoxy) is 1. The van der Waals surface area contributed by atoms with Crippen molar-refractivity contribution in [2.24, 2.45) is 10.9 Å². The number of fused-ring (bicyclic) bond motifs is 2. The average Bonchev–Trinajstić information content (AvgIpc) is 3.29. The van der Waals surface area contributed by atoms with E-state index in [0.717, 1.165) is 36.2 Å². The molecule has 3 aliphatic rings. The van der Waals surface area contributed by atoms with Crippen molar-refractivity contribution in [1.82, 2.24) is 24.5 Å². The Labute approximate surface area is 218 Å². The molecule has 3 aromatic heterocycles. The zero-order valence-corrected chi connectivity index (χ0v) is 21.0. The van der Waals surface area contributed by atoms with E-state index in [1.54, 1.807) is 15.6 Å². The molecule has 0 unspecified atom stereocenters. The van der Waals surface area contributed by atoms with Gasteiger partial charge in [-0.15, -0.1) is 5.10 Å². The number of likely N-dealkylation sites (tertiary alicyclic amines) is 1. The van der Waals surface area contributed by atoms with Crippen LogP contribution >= 0.6 is 0 Å². The van der Waals surface area contributed by atoms with Gasteiger partial charge in [0.15, 0.2) is 5.82 Å². The first-order chi connectivity index (χ1) is 18.4. The van der Waals surface area contributed by atoms with E-state index in [4.69, 9.17) is 15.5 Å². The van der Waals surface area contributed by atoms with Crippen molar-refractivity contribution in [1.29, 1.82) is 0 Å². The predicted molar refractivity (Wildman–Crippen MR) is 139 cm³/mol. The normalized spacial score (nSPS) is 23.3. The fourth-order valence-electron chi connectivity index (χ4n) is 5.44. The molecule has 2 saturated heterocycles. The van der Waals surface area contributed by atoms with Crippen LogP contribution in [-0.4, -0.2) is 81.7 Å². The Morgan fingerprint density at radius 2 is 2.03 bits per heavy atom. The number of nitrogen functional groups attached to an aromatic ring is 1. The third-order valence-electron chi connectivity index (χ3n) is 7.67. The minimum Gasteiger partial charge on any atom is -0.382 e. The third kappa shape index (κ3) is 4.82. The summed E-state index contributed by atoms with van der Waals surface area (Å²) in [6.07, 6.45) is 6.91. The Morgan fingerprint density at radius 1 is 1.16 bits per heavy atom. The summed E-state index contributed by atoms with van der Waals surface area (Å²) >= 11 is 0. The smallest absolute Gasteiger partial charge is 0.280 e. The van der Waals surface area contributed by atoms with Gasteiger partial charge in [-0.1, -0.05) is 6.42 Å². The number of halogens is 3. The molecule has 0 bridgehead atoms. The standard InChI is InChI=1S/C26H31F3N8O/c27-8-2-1-3-16-11-21-20(31-12-16)5-4-19(32-21)18-6-10-37-23(18)24(30)34-25(35-37)33-22-7-9-36(15-26(22,28)29)17-13-38-14-17/h4-6,10,12,16-17,22H,1-3,7-9,11,13-15H2,(H3,30,33,34,35)/t16-,22+/m0/s1. The summed E-state index contributed by atoms with van der Waals surface area (Å²) in [6, 6.07) is 4.62. The van der Waals surface area contributed by atoms with E-state index in [-0.39, 0.29) is 43.4 Å². The Kier molecular flexibility index (Phi) is 6.68. The molecule has 3 aliphatic heterocycles. The van der Waals surface area contributed by atoms with Crippen molar-refractivity contribution >= 4 is 29.2 Å². The molecule has 3 N–H and O–H groups in total. The number of nitrogens with zero attached hydrogens (tertiary/aromatic N) is 6. The summed E-state index contributed by atoms with van der Waals surface area (Å²) in [5.74, 6) is -2.47. The number of nitrogens with two attached hydrogens (primary N) is 1. The quantitative estimate of drug-likeness (QED) is 0.427. The number of pyridine rings is 1. The van der Waals surface area contributed by atoms with Crippen molar-refractivity contribution in [3.8, 4) is 11.3 Å². The van der Waals surface area contributed by atoms with Gasteiger partial charge >= 0.3 is 0 Å². The lowest BCUT2D eigenvalue weighted by Gasteiger charge is -2.44. The summed E-state index contributed by atoms with van der Waals surface area (Å²) in [4.78, 5) is 15.5. The molecule has 202 valence electrons. The summed E-state index contributed by atoms with van der Waals surface area (Å²) in [7, 11) is 0. The largest absolute Gasteiger partial charge is 0.382 e. The van der Waals surface area contributed by atoms with Crippen LogP contribution in [-0.2, 0) is 11.2 Å².